The van der Waals surface area contributed by atoms with Gasteiger partial charge in [-0.1, -0.05) is 141 Å². The molecular weight excluding hydrogens is 408 g/mol. The van der Waals surface area contributed by atoms with Crippen LogP contribution < -0.4 is 0 Å². The molecule has 194 valence electrons. The summed E-state index contributed by atoms with van der Waals surface area (Å²) >= 11 is 0. The van der Waals surface area contributed by atoms with Crippen LogP contribution in [0.25, 0.3) is 0 Å². The normalized spacial score (nSPS) is 22.4. The van der Waals surface area contributed by atoms with E-state index in [0.29, 0.717) is 0 Å². The summed E-state index contributed by atoms with van der Waals surface area (Å²) in [6.45, 7) is 0. The molecule has 3 aliphatic carbocycles. The Labute approximate surface area is 214 Å². The van der Waals surface area contributed by atoms with Gasteiger partial charge < -0.3 is 0 Å². The number of aryl methyl sites for hydroxylation is 3. The first-order chi connectivity index (χ1) is 16.9. The van der Waals surface area contributed by atoms with Crippen molar-refractivity contribution >= 4 is 0 Å². The molecule has 1 aromatic rings. The molecule has 34 heavy (non-hydrogen) atoms. The molecule has 0 unspecified atom stereocenters. The van der Waals surface area contributed by atoms with E-state index >= 15 is 0 Å². The third-order valence-electron chi connectivity index (χ3n) is 8.78. The molecule has 0 heterocycles. The summed E-state index contributed by atoms with van der Waals surface area (Å²) in [5.74, 6) is 0. The van der Waals surface area contributed by atoms with Gasteiger partial charge in [0.05, 0.1) is 0 Å². The van der Waals surface area contributed by atoms with Crippen molar-refractivity contribution in [2.45, 2.75) is 180 Å². The lowest BCUT2D eigenvalue weighted by Crippen LogP contribution is -2.05. The minimum absolute atomic E-state index is 1.32. The fraction of sp³-hybridized carbons (Fsp3) is 0.824. The lowest BCUT2D eigenvalue weighted by Gasteiger charge is -2.19. The molecule has 0 N–H and O–H groups in total. The molecule has 0 amide bonds. The molecule has 0 saturated heterocycles. The summed E-state index contributed by atoms with van der Waals surface area (Å²) in [6, 6.07) is 5.35. The minimum atomic E-state index is 1.32. The summed E-state index contributed by atoms with van der Waals surface area (Å²) in [7, 11) is 0. The molecule has 0 heteroatoms. The van der Waals surface area contributed by atoms with E-state index in [2.05, 4.69) is 12.1 Å². The molecule has 0 nitrogen and oxygen atoms in total. The maximum Gasteiger partial charge on any atom is -0.0273 e. The van der Waals surface area contributed by atoms with Gasteiger partial charge >= 0.3 is 0 Å². The smallest absolute Gasteiger partial charge is 0.0273 e. The van der Waals surface area contributed by atoms with Crippen LogP contribution in [0, 0.1) is 0 Å². The van der Waals surface area contributed by atoms with E-state index in [1.54, 1.807) is 22.3 Å². The number of rotatable bonds is 0. The average Bonchev–Trinajstić information content (AvgIpc) is 2.84. The van der Waals surface area contributed by atoms with Crippen LogP contribution in [0.2, 0.25) is 0 Å². The van der Waals surface area contributed by atoms with Crippen LogP contribution in [0.15, 0.2) is 12.1 Å². The quantitative estimate of drug-likeness (QED) is 0.356. The molecule has 3 aliphatic rings. The van der Waals surface area contributed by atoms with Crippen molar-refractivity contribution in [3.05, 3.63) is 34.4 Å². The van der Waals surface area contributed by atoms with Crippen LogP contribution >= 0.6 is 0 Å². The van der Waals surface area contributed by atoms with E-state index in [4.69, 9.17) is 0 Å². The number of fused-ring (bicyclic) bond motifs is 13. The molecule has 0 aliphatic heterocycles. The van der Waals surface area contributed by atoms with Gasteiger partial charge in [0, 0.05) is 0 Å². The van der Waals surface area contributed by atoms with E-state index in [-0.39, 0.29) is 0 Å². The third-order valence-corrected chi connectivity index (χ3v) is 8.78. The molecule has 0 radical (unpaired) electrons. The topological polar surface area (TPSA) is 0 Å². The lowest BCUT2D eigenvalue weighted by molar-refractivity contribution is 0.539. The fourth-order valence-electron chi connectivity index (χ4n) is 6.58. The second-order valence-electron chi connectivity index (χ2n) is 11.9. The second-order valence-corrected chi connectivity index (χ2v) is 11.9. The van der Waals surface area contributed by atoms with Crippen molar-refractivity contribution in [1.82, 2.24) is 0 Å². The highest BCUT2D eigenvalue weighted by Crippen LogP contribution is 2.27. The Balaban J connectivity index is 1.72. The van der Waals surface area contributed by atoms with Gasteiger partial charge in [0.25, 0.3) is 0 Å². The van der Waals surface area contributed by atoms with Gasteiger partial charge in [-0.25, -0.2) is 0 Å². The number of hydrogen-bond donors (Lipinski definition) is 0. The summed E-state index contributed by atoms with van der Waals surface area (Å²) < 4.78 is 0. The third kappa shape index (κ3) is 11.8. The van der Waals surface area contributed by atoms with Gasteiger partial charge in [-0.15, -0.1) is 0 Å². The zero-order valence-electron chi connectivity index (χ0n) is 23.0. The van der Waals surface area contributed by atoms with Crippen LogP contribution in [-0.2, 0) is 25.7 Å². The van der Waals surface area contributed by atoms with Gasteiger partial charge in [0.15, 0.2) is 0 Å². The van der Waals surface area contributed by atoms with Crippen LogP contribution in [0.5, 0.6) is 0 Å². The van der Waals surface area contributed by atoms with Crippen LogP contribution in [0.3, 0.4) is 0 Å². The molecule has 0 atom stereocenters. The fourth-order valence-corrected chi connectivity index (χ4v) is 6.58. The van der Waals surface area contributed by atoms with E-state index in [0.717, 1.165) is 0 Å². The maximum absolute atomic E-state index is 2.68. The van der Waals surface area contributed by atoms with Gasteiger partial charge in [0.2, 0.25) is 0 Å². The largest absolute Gasteiger partial charge is 0.0555 e. The van der Waals surface area contributed by atoms with Gasteiger partial charge in [0.1, 0.15) is 0 Å². The maximum atomic E-state index is 2.68. The highest BCUT2D eigenvalue weighted by atomic mass is 14.2. The first-order valence-electron chi connectivity index (χ1n) is 16.1. The van der Waals surface area contributed by atoms with Crippen molar-refractivity contribution in [3.8, 4) is 0 Å². The van der Waals surface area contributed by atoms with Gasteiger partial charge in [-0.2, -0.15) is 0 Å². The SMILES string of the molecule is c1c2cc3c(c1CCCCCCCCCCCCCC3)CCCCCCCCCCCCCC2. The van der Waals surface area contributed by atoms with Crippen LogP contribution in [-0.4, -0.2) is 0 Å². The Morgan fingerprint density at radius 2 is 0.529 bits per heavy atom. The predicted octanol–water partition coefficient (Wildman–Crippen LogP) is 11.2. The number of hydrogen-bond acceptors (Lipinski definition) is 0. The number of benzene rings is 1. The standard InChI is InChI=1S/C34H58/c1-4-8-12-16-20-24-28-34-32-26-22-18-14-10-6-2-3-7-11-15-19-23-27-33(34)30-31(29-32)25-21-17-13-9-5-1/h29-30H,1-28H2. The molecule has 0 aromatic heterocycles. The van der Waals surface area contributed by atoms with Crippen LogP contribution in [0.4, 0.5) is 0 Å². The second kappa shape index (κ2) is 18.5. The van der Waals surface area contributed by atoms with E-state index < -0.39 is 0 Å². The van der Waals surface area contributed by atoms with Crippen molar-refractivity contribution in [3.63, 3.8) is 0 Å². The summed E-state index contributed by atoms with van der Waals surface area (Å²) in [6.07, 6.45) is 40.3. The molecule has 4 bridgehead atoms. The Morgan fingerprint density at radius 1 is 0.265 bits per heavy atom. The first kappa shape index (κ1) is 27.8. The van der Waals surface area contributed by atoms with Crippen LogP contribution in [0.1, 0.15) is 176 Å². The molecule has 0 fully saturated rings. The van der Waals surface area contributed by atoms with Gasteiger partial charge in [-0.3, -0.25) is 0 Å². The predicted molar refractivity (Wildman–Crippen MR) is 152 cm³/mol. The molecule has 1 aromatic carbocycles. The highest BCUT2D eigenvalue weighted by molar-refractivity contribution is 5.40. The van der Waals surface area contributed by atoms with Crippen molar-refractivity contribution in [2.24, 2.45) is 0 Å². The van der Waals surface area contributed by atoms with Gasteiger partial charge in [-0.05, 0) is 73.6 Å². The summed E-state index contributed by atoms with van der Waals surface area (Å²) in [4.78, 5) is 0. The molecule has 0 saturated carbocycles. The Morgan fingerprint density at radius 3 is 0.882 bits per heavy atom. The Hall–Kier alpha value is -0.780. The lowest BCUT2D eigenvalue weighted by atomic mass is 9.87. The Kier molecular flexibility index (Phi) is 15.1. The zero-order valence-corrected chi connectivity index (χ0v) is 23.0. The van der Waals surface area contributed by atoms with Crippen molar-refractivity contribution in [2.75, 3.05) is 0 Å². The summed E-state index contributed by atoms with van der Waals surface area (Å²) in [5.41, 5.74) is 7.00. The highest BCUT2D eigenvalue weighted by Gasteiger charge is 2.12. The molecule has 0 spiro atoms. The molecule has 4 rings (SSSR count). The average molecular weight is 467 g/mol. The van der Waals surface area contributed by atoms with E-state index in [1.165, 1.54) is 180 Å². The van der Waals surface area contributed by atoms with Crippen molar-refractivity contribution < 1.29 is 0 Å². The monoisotopic (exact) mass is 466 g/mol. The minimum Gasteiger partial charge on any atom is -0.0555 e. The van der Waals surface area contributed by atoms with Crippen molar-refractivity contribution in [1.29, 1.82) is 0 Å². The van der Waals surface area contributed by atoms with E-state index in [9.17, 15) is 0 Å². The Bertz CT molecular complexity index is 590. The zero-order chi connectivity index (χ0) is 23.5. The first-order valence-corrected chi connectivity index (χ1v) is 16.1. The molecular formula is C34H58. The summed E-state index contributed by atoms with van der Waals surface area (Å²) in [5, 5.41) is 0. The van der Waals surface area contributed by atoms with E-state index in [1.807, 2.05) is 0 Å².